The highest BCUT2D eigenvalue weighted by Crippen LogP contribution is 2.58. The van der Waals surface area contributed by atoms with E-state index >= 15 is 4.57 Å². The van der Waals surface area contributed by atoms with E-state index in [-0.39, 0.29) is 6.71 Å². The van der Waals surface area contributed by atoms with E-state index in [9.17, 15) is 0 Å². The Morgan fingerprint density at radius 1 is 0.690 bits per heavy atom. The molecule has 42 heavy (non-hydrogen) atoms. The second kappa shape index (κ2) is 9.08. The van der Waals surface area contributed by atoms with Crippen LogP contribution in [0.5, 0.6) is 0 Å². The maximum absolute atomic E-state index is 16.1. The van der Waals surface area contributed by atoms with Crippen LogP contribution in [0.25, 0.3) is 10.1 Å². The lowest BCUT2D eigenvalue weighted by Gasteiger charge is -2.43. The molecule has 2 aliphatic rings. The molecule has 204 valence electrons. The highest BCUT2D eigenvalue weighted by molar-refractivity contribution is 7.87. The zero-order valence-electron chi connectivity index (χ0n) is 24.5. The summed E-state index contributed by atoms with van der Waals surface area (Å²) in [7, 11) is -3.22. The van der Waals surface area contributed by atoms with Gasteiger partial charge >= 0.3 is 0 Å². The summed E-state index contributed by atoms with van der Waals surface area (Å²) >= 11 is 1.77. The van der Waals surface area contributed by atoms with E-state index < -0.39 is 7.14 Å². The predicted octanol–water partition coefficient (Wildman–Crippen LogP) is 6.70. The van der Waals surface area contributed by atoms with Gasteiger partial charge in [0.25, 0.3) is 0 Å². The molecular formula is C37H31BNOPS. The number of thiophene rings is 1. The molecule has 0 fully saturated rings. The lowest BCUT2D eigenvalue weighted by Crippen LogP contribution is -2.61. The molecule has 0 spiro atoms. The molecule has 0 radical (unpaired) electrons. The van der Waals surface area contributed by atoms with Gasteiger partial charge in [0.15, 0.2) is 7.14 Å². The van der Waals surface area contributed by atoms with E-state index in [4.69, 9.17) is 0 Å². The zero-order chi connectivity index (χ0) is 28.9. The first kappa shape index (κ1) is 25.8. The van der Waals surface area contributed by atoms with E-state index in [0.29, 0.717) is 0 Å². The van der Waals surface area contributed by atoms with Crippen molar-refractivity contribution in [1.82, 2.24) is 0 Å². The molecule has 0 bridgehead atoms. The molecule has 2 nitrogen and oxygen atoms in total. The lowest BCUT2D eigenvalue weighted by molar-refractivity contribution is 0.592. The number of hydrogen-bond acceptors (Lipinski definition) is 3. The van der Waals surface area contributed by atoms with Crippen LogP contribution in [0.1, 0.15) is 27.8 Å². The average Bonchev–Trinajstić information content (AvgIpc) is 3.36. The Morgan fingerprint density at radius 2 is 1.36 bits per heavy atom. The van der Waals surface area contributed by atoms with Crippen LogP contribution in [0.2, 0.25) is 0 Å². The quantitative estimate of drug-likeness (QED) is 0.168. The standard InChI is InChI=1S/C37H31BNOPS/c1-22-15-16-31-29(19-22)38(34-25(4)17-23(2)18-26(34)5)30-20-24(3)21-32-35(30)39(31)37-36(28-13-9-10-14-33(28)42-37)41(32,40)27-11-7-6-8-12-27/h6-21H,1-5H3. The zero-order valence-corrected chi connectivity index (χ0v) is 26.2. The smallest absolute Gasteiger partial charge is 0.247 e. The van der Waals surface area contributed by atoms with Crippen LogP contribution >= 0.6 is 18.5 Å². The van der Waals surface area contributed by atoms with E-state index in [1.54, 1.807) is 11.3 Å². The summed E-state index contributed by atoms with van der Waals surface area (Å²) in [6, 6.07) is 34.8. The Balaban J connectivity index is 1.57. The number of anilines is 3. The highest BCUT2D eigenvalue weighted by Gasteiger charge is 2.49. The largest absolute Gasteiger partial charge is 0.308 e. The summed E-state index contributed by atoms with van der Waals surface area (Å²) in [6.45, 7) is 11.1. The van der Waals surface area contributed by atoms with E-state index in [1.807, 2.05) is 18.2 Å². The van der Waals surface area contributed by atoms with Gasteiger partial charge in [-0.25, -0.2) is 0 Å². The van der Waals surface area contributed by atoms with E-state index in [2.05, 4.69) is 118 Å². The molecule has 0 saturated heterocycles. The van der Waals surface area contributed by atoms with Gasteiger partial charge in [0.1, 0.15) is 5.00 Å². The summed E-state index contributed by atoms with van der Waals surface area (Å²) in [4.78, 5) is 2.45. The van der Waals surface area contributed by atoms with Crippen LogP contribution in [0.3, 0.4) is 0 Å². The number of fused-ring (bicyclic) bond motifs is 6. The topological polar surface area (TPSA) is 20.3 Å². The van der Waals surface area contributed by atoms with Crippen molar-refractivity contribution < 1.29 is 4.57 Å². The summed E-state index contributed by atoms with van der Waals surface area (Å²) < 4.78 is 17.3. The Morgan fingerprint density at radius 3 is 2.12 bits per heavy atom. The van der Waals surface area contributed by atoms with E-state index in [0.717, 1.165) is 37.6 Å². The van der Waals surface area contributed by atoms with Gasteiger partial charge in [-0.2, -0.15) is 0 Å². The van der Waals surface area contributed by atoms with Crippen molar-refractivity contribution in [2.75, 3.05) is 4.90 Å². The number of nitrogens with zero attached hydrogens (tertiary/aromatic N) is 1. The fraction of sp³-hybridized carbons (Fsp3) is 0.135. The Hall–Kier alpha value is -3.85. The van der Waals surface area contributed by atoms with Crippen molar-refractivity contribution in [3.8, 4) is 0 Å². The average molecular weight is 580 g/mol. The fourth-order valence-electron chi connectivity index (χ4n) is 7.56. The van der Waals surface area contributed by atoms with Crippen molar-refractivity contribution in [3.05, 3.63) is 125 Å². The number of rotatable bonds is 2. The van der Waals surface area contributed by atoms with Gasteiger partial charge in [0.05, 0.1) is 11.0 Å². The summed E-state index contributed by atoms with van der Waals surface area (Å²) in [6.07, 6.45) is 0. The summed E-state index contributed by atoms with van der Waals surface area (Å²) in [5.74, 6) is 0. The molecule has 8 rings (SSSR count). The van der Waals surface area contributed by atoms with E-state index in [1.165, 1.54) is 49.0 Å². The SMILES string of the molecule is Cc1cc(C)c(B2c3cc(C)ccc3N3c4sc5ccccc5c4P(=O)(c4ccccc4)c4cc(C)cc2c43)c(C)c1. The van der Waals surface area contributed by atoms with Crippen molar-refractivity contribution in [1.29, 1.82) is 0 Å². The van der Waals surface area contributed by atoms with Gasteiger partial charge in [-0.1, -0.05) is 112 Å². The van der Waals surface area contributed by atoms with Gasteiger partial charge in [-0.3, -0.25) is 0 Å². The van der Waals surface area contributed by atoms with Crippen molar-refractivity contribution in [2.45, 2.75) is 34.6 Å². The van der Waals surface area contributed by atoms with Gasteiger partial charge in [-0.15, -0.1) is 11.3 Å². The van der Waals surface area contributed by atoms with Crippen LogP contribution in [-0.4, -0.2) is 6.71 Å². The second-order valence-electron chi connectivity index (χ2n) is 12.1. The molecule has 1 unspecified atom stereocenters. The third kappa shape index (κ3) is 3.43. The van der Waals surface area contributed by atoms with Crippen LogP contribution < -0.4 is 37.2 Å². The van der Waals surface area contributed by atoms with Gasteiger partial charge in [0, 0.05) is 26.4 Å². The molecule has 5 heteroatoms. The Labute approximate surface area is 252 Å². The van der Waals surface area contributed by atoms with Crippen LogP contribution in [0.4, 0.5) is 16.4 Å². The maximum Gasteiger partial charge on any atom is 0.247 e. The minimum Gasteiger partial charge on any atom is -0.308 e. The number of aryl methyl sites for hydroxylation is 5. The third-order valence-electron chi connectivity index (χ3n) is 9.09. The molecule has 0 N–H and O–H groups in total. The van der Waals surface area contributed by atoms with Crippen LogP contribution in [0.15, 0.2) is 97.1 Å². The lowest BCUT2D eigenvalue weighted by atomic mass is 9.33. The first-order valence-corrected chi connectivity index (χ1v) is 17.1. The monoisotopic (exact) mass is 579 g/mol. The minimum absolute atomic E-state index is 0.0468. The molecule has 0 aliphatic carbocycles. The Kier molecular flexibility index (Phi) is 5.58. The predicted molar refractivity (Wildman–Crippen MR) is 184 cm³/mol. The summed E-state index contributed by atoms with van der Waals surface area (Å²) in [5.41, 5.74) is 12.5. The fourth-order valence-corrected chi connectivity index (χ4v) is 12.5. The molecule has 1 atom stereocenters. The first-order chi connectivity index (χ1) is 20.3. The normalized spacial score (nSPS) is 16.8. The number of benzene rings is 5. The van der Waals surface area contributed by atoms with Gasteiger partial charge in [0.2, 0.25) is 6.71 Å². The molecule has 6 aromatic rings. The molecule has 0 amide bonds. The van der Waals surface area contributed by atoms with Crippen molar-refractivity contribution >= 4 is 84.0 Å². The van der Waals surface area contributed by atoms with Crippen LogP contribution in [0, 0.1) is 34.6 Å². The molecule has 0 saturated carbocycles. The molecular weight excluding hydrogens is 548 g/mol. The Bertz CT molecular complexity index is 2120. The minimum atomic E-state index is -3.22. The first-order valence-electron chi connectivity index (χ1n) is 14.6. The van der Waals surface area contributed by atoms with Gasteiger partial charge < -0.3 is 9.46 Å². The third-order valence-corrected chi connectivity index (χ3v) is 13.5. The molecule has 5 aromatic carbocycles. The maximum atomic E-state index is 16.1. The van der Waals surface area contributed by atoms with Crippen molar-refractivity contribution in [3.63, 3.8) is 0 Å². The number of hydrogen-bond donors (Lipinski definition) is 0. The van der Waals surface area contributed by atoms with Crippen molar-refractivity contribution in [2.24, 2.45) is 0 Å². The highest BCUT2D eigenvalue weighted by atomic mass is 32.1. The second-order valence-corrected chi connectivity index (χ2v) is 15.8. The van der Waals surface area contributed by atoms with Crippen LogP contribution in [-0.2, 0) is 4.57 Å². The summed E-state index contributed by atoms with van der Waals surface area (Å²) in [5, 5.41) is 5.02. The molecule has 3 heterocycles. The van der Waals surface area contributed by atoms with Gasteiger partial charge in [-0.05, 0) is 63.7 Å². The molecule has 2 aliphatic heterocycles. The molecule has 1 aromatic heterocycles.